The Balaban J connectivity index is 2.10. The maximum Gasteiger partial charge on any atom is 0.272 e. The van der Waals surface area contributed by atoms with Gasteiger partial charge >= 0.3 is 0 Å². The van der Waals surface area contributed by atoms with Crippen LogP contribution in [0.5, 0.6) is 0 Å². The van der Waals surface area contributed by atoms with Gasteiger partial charge in [-0.05, 0) is 37.1 Å². The van der Waals surface area contributed by atoms with E-state index in [1.807, 2.05) is 38.1 Å². The lowest BCUT2D eigenvalue weighted by atomic mass is 10.1. The second-order valence-electron chi connectivity index (χ2n) is 5.38. The molecule has 122 valence electrons. The van der Waals surface area contributed by atoms with Crippen molar-refractivity contribution in [1.82, 2.24) is 15.1 Å². The van der Waals surface area contributed by atoms with Crippen LogP contribution in [0.25, 0.3) is 0 Å². The molecule has 1 amide bonds. The highest BCUT2D eigenvalue weighted by Crippen LogP contribution is 2.16. The summed E-state index contributed by atoms with van der Waals surface area (Å²) in [5, 5.41) is 7.06. The number of benzene rings is 1. The Morgan fingerprint density at radius 3 is 2.61 bits per heavy atom. The lowest BCUT2D eigenvalue weighted by Gasteiger charge is -2.14. The zero-order chi connectivity index (χ0) is 16.8. The fourth-order valence-electron chi connectivity index (χ4n) is 2.14. The average molecular weight is 378 g/mol. The van der Waals surface area contributed by atoms with Crippen molar-refractivity contribution >= 4 is 21.8 Å². The summed E-state index contributed by atoms with van der Waals surface area (Å²) >= 11 is 3.39. The van der Waals surface area contributed by atoms with E-state index in [0.29, 0.717) is 6.54 Å². The summed E-state index contributed by atoms with van der Waals surface area (Å²) in [6.45, 7) is 4.48. The van der Waals surface area contributed by atoms with Crippen molar-refractivity contribution in [2.24, 2.45) is 0 Å². The maximum absolute atomic E-state index is 12.3. The van der Waals surface area contributed by atoms with Crippen LogP contribution in [-0.4, -0.2) is 15.7 Å². The molecule has 6 heteroatoms. The molecule has 1 aromatic carbocycles. The van der Waals surface area contributed by atoms with Crippen molar-refractivity contribution in [3.05, 3.63) is 62.5 Å². The van der Waals surface area contributed by atoms with E-state index in [9.17, 15) is 9.59 Å². The zero-order valence-corrected chi connectivity index (χ0v) is 14.8. The fourth-order valence-corrected chi connectivity index (χ4v) is 2.41. The summed E-state index contributed by atoms with van der Waals surface area (Å²) in [5.74, 6) is -0.286. The summed E-state index contributed by atoms with van der Waals surface area (Å²) in [6.07, 6.45) is 1.82. The molecule has 1 atom stereocenters. The number of rotatable bonds is 6. The van der Waals surface area contributed by atoms with Crippen molar-refractivity contribution in [3.63, 3.8) is 0 Å². The first-order valence-electron chi connectivity index (χ1n) is 7.65. The van der Waals surface area contributed by atoms with Gasteiger partial charge in [0.05, 0.1) is 6.04 Å². The molecule has 2 rings (SSSR count). The van der Waals surface area contributed by atoms with Gasteiger partial charge in [0, 0.05) is 17.1 Å². The Morgan fingerprint density at radius 2 is 1.96 bits per heavy atom. The van der Waals surface area contributed by atoms with Crippen LogP contribution >= 0.6 is 15.9 Å². The first-order chi connectivity index (χ1) is 11.0. The Morgan fingerprint density at radius 1 is 1.26 bits per heavy atom. The highest BCUT2D eigenvalue weighted by molar-refractivity contribution is 9.10. The van der Waals surface area contributed by atoms with E-state index >= 15 is 0 Å². The fraction of sp³-hybridized carbons (Fsp3) is 0.353. The quantitative estimate of drug-likeness (QED) is 0.839. The van der Waals surface area contributed by atoms with E-state index in [1.165, 1.54) is 16.8 Å². The third-order valence-corrected chi connectivity index (χ3v) is 4.07. The van der Waals surface area contributed by atoms with Crippen molar-refractivity contribution in [3.8, 4) is 0 Å². The third kappa shape index (κ3) is 4.76. The first-order valence-corrected chi connectivity index (χ1v) is 8.45. The van der Waals surface area contributed by atoms with E-state index in [4.69, 9.17) is 0 Å². The van der Waals surface area contributed by atoms with E-state index in [-0.39, 0.29) is 23.2 Å². The SMILES string of the molecule is CCCCn1nc(C(=O)NC(C)c2ccc(Br)cc2)ccc1=O. The van der Waals surface area contributed by atoms with Gasteiger partial charge in [-0.2, -0.15) is 5.10 Å². The van der Waals surface area contributed by atoms with Crippen LogP contribution in [0.3, 0.4) is 0 Å². The average Bonchev–Trinajstić information content (AvgIpc) is 2.54. The number of aryl methyl sites for hydroxylation is 1. The molecule has 0 fully saturated rings. The summed E-state index contributed by atoms with van der Waals surface area (Å²) in [7, 11) is 0. The van der Waals surface area contributed by atoms with E-state index in [1.54, 1.807) is 0 Å². The first kappa shape index (κ1) is 17.4. The lowest BCUT2D eigenvalue weighted by Crippen LogP contribution is -2.31. The van der Waals surface area contributed by atoms with Gasteiger partial charge in [0.1, 0.15) is 5.69 Å². The second-order valence-corrected chi connectivity index (χ2v) is 6.30. The zero-order valence-electron chi connectivity index (χ0n) is 13.3. The Hall–Kier alpha value is -1.95. The summed E-state index contributed by atoms with van der Waals surface area (Å²) in [5.41, 5.74) is 1.07. The summed E-state index contributed by atoms with van der Waals surface area (Å²) in [4.78, 5) is 24.1. The molecule has 0 aliphatic heterocycles. The van der Waals surface area contributed by atoms with Crippen molar-refractivity contribution in [2.45, 2.75) is 39.3 Å². The summed E-state index contributed by atoms with van der Waals surface area (Å²) in [6, 6.07) is 10.5. The standard InChI is InChI=1S/C17H20BrN3O2/c1-3-4-11-21-16(22)10-9-15(20-21)17(23)19-12(2)13-5-7-14(18)8-6-13/h5-10,12H,3-4,11H2,1-2H3,(H,19,23). The predicted octanol–water partition coefficient (Wildman–Crippen LogP) is 3.30. The smallest absolute Gasteiger partial charge is 0.272 e. The van der Waals surface area contributed by atoms with Crippen molar-refractivity contribution in [2.75, 3.05) is 0 Å². The number of unbranched alkanes of at least 4 members (excludes halogenated alkanes) is 1. The van der Waals surface area contributed by atoms with Gasteiger partial charge in [-0.15, -0.1) is 0 Å². The number of hydrogen-bond donors (Lipinski definition) is 1. The molecule has 0 spiro atoms. The number of aromatic nitrogens is 2. The molecule has 2 aromatic rings. The van der Waals surface area contributed by atoms with Gasteiger partial charge in [-0.3, -0.25) is 9.59 Å². The van der Waals surface area contributed by atoms with Gasteiger partial charge in [-0.25, -0.2) is 4.68 Å². The number of hydrogen-bond acceptors (Lipinski definition) is 3. The number of carbonyl (C=O) groups is 1. The predicted molar refractivity (Wildman–Crippen MR) is 93.4 cm³/mol. The van der Waals surface area contributed by atoms with E-state index in [2.05, 4.69) is 26.3 Å². The van der Waals surface area contributed by atoms with Crippen LogP contribution in [0.1, 0.15) is 48.8 Å². The third-order valence-electron chi connectivity index (χ3n) is 3.54. The van der Waals surface area contributed by atoms with Gasteiger partial charge < -0.3 is 5.32 Å². The van der Waals surface area contributed by atoms with Gasteiger partial charge in [0.25, 0.3) is 11.5 Å². The molecule has 0 saturated heterocycles. The number of nitrogens with zero attached hydrogens (tertiary/aromatic N) is 2. The molecular weight excluding hydrogens is 358 g/mol. The number of carbonyl (C=O) groups excluding carboxylic acids is 1. The molecule has 1 unspecified atom stereocenters. The molecule has 1 N–H and O–H groups in total. The van der Waals surface area contributed by atoms with E-state index < -0.39 is 0 Å². The number of nitrogens with one attached hydrogen (secondary N) is 1. The van der Waals surface area contributed by atoms with Crippen LogP contribution in [0.4, 0.5) is 0 Å². The summed E-state index contributed by atoms with van der Waals surface area (Å²) < 4.78 is 2.34. The van der Waals surface area contributed by atoms with Crippen molar-refractivity contribution in [1.29, 1.82) is 0 Å². The molecule has 0 aliphatic carbocycles. The van der Waals surface area contributed by atoms with Gasteiger partial charge in [-0.1, -0.05) is 41.4 Å². The highest BCUT2D eigenvalue weighted by Gasteiger charge is 2.13. The second kappa shape index (κ2) is 8.06. The van der Waals surface area contributed by atoms with E-state index in [0.717, 1.165) is 22.9 Å². The molecule has 0 saturated carbocycles. The highest BCUT2D eigenvalue weighted by atomic mass is 79.9. The molecule has 1 heterocycles. The van der Waals surface area contributed by atoms with Crippen molar-refractivity contribution < 1.29 is 4.79 Å². The van der Waals surface area contributed by atoms with Crippen LogP contribution in [-0.2, 0) is 6.54 Å². The topological polar surface area (TPSA) is 64.0 Å². The van der Waals surface area contributed by atoms with Crippen LogP contribution in [0.15, 0.2) is 45.7 Å². The van der Waals surface area contributed by atoms with Crippen LogP contribution in [0.2, 0.25) is 0 Å². The Labute approximate surface area is 143 Å². The molecule has 0 aliphatic rings. The Kier molecular flexibility index (Phi) is 6.10. The molecule has 0 radical (unpaired) electrons. The van der Waals surface area contributed by atoms with Crippen LogP contribution in [0, 0.1) is 0 Å². The normalized spacial score (nSPS) is 12.0. The molecule has 1 aromatic heterocycles. The molecule has 23 heavy (non-hydrogen) atoms. The van der Waals surface area contributed by atoms with Crippen LogP contribution < -0.4 is 10.9 Å². The number of amides is 1. The Bertz CT molecular complexity index is 725. The van der Waals surface area contributed by atoms with Gasteiger partial charge in [0.15, 0.2) is 0 Å². The molecule has 5 nitrogen and oxygen atoms in total. The minimum Gasteiger partial charge on any atom is -0.344 e. The minimum atomic E-state index is -0.286. The molecular formula is C17H20BrN3O2. The minimum absolute atomic E-state index is 0.145. The largest absolute Gasteiger partial charge is 0.344 e. The van der Waals surface area contributed by atoms with Gasteiger partial charge in [0.2, 0.25) is 0 Å². The monoisotopic (exact) mass is 377 g/mol. The molecule has 0 bridgehead atoms. The lowest BCUT2D eigenvalue weighted by molar-refractivity contribution is 0.0932. The number of halogens is 1. The maximum atomic E-state index is 12.3.